The molecule has 1 saturated heterocycles. The Hall–Kier alpha value is -1.87. The Kier molecular flexibility index (Phi) is 6.00. The first-order valence-corrected chi connectivity index (χ1v) is 8.73. The molecule has 0 radical (unpaired) electrons. The van der Waals surface area contributed by atoms with E-state index in [1.165, 1.54) is 16.7 Å². The maximum Gasteiger partial charge on any atom is 0.229 e. The average Bonchev–Trinajstić information content (AvgIpc) is 2.54. The molecule has 0 saturated carbocycles. The van der Waals surface area contributed by atoms with Crippen LogP contribution in [-0.2, 0) is 4.79 Å². The van der Waals surface area contributed by atoms with Gasteiger partial charge in [-0.2, -0.15) is 0 Å². The summed E-state index contributed by atoms with van der Waals surface area (Å²) >= 11 is 0. The Morgan fingerprint density at radius 3 is 2.58 bits per heavy atom. The van der Waals surface area contributed by atoms with Crippen molar-refractivity contribution in [2.24, 2.45) is 5.41 Å². The number of hydrogen-bond acceptors (Lipinski definition) is 2. The van der Waals surface area contributed by atoms with Crippen LogP contribution < -0.4 is 5.32 Å². The zero-order valence-electron chi connectivity index (χ0n) is 15.3. The summed E-state index contributed by atoms with van der Waals surface area (Å²) in [5, 5.41) is 3.56. The molecule has 0 aliphatic carbocycles. The fourth-order valence-electron chi connectivity index (χ4n) is 3.64. The molecule has 0 aromatic heterocycles. The van der Waals surface area contributed by atoms with Crippen molar-refractivity contribution in [3.63, 3.8) is 0 Å². The summed E-state index contributed by atoms with van der Waals surface area (Å²) in [6.07, 6.45) is 5.03. The van der Waals surface area contributed by atoms with E-state index in [2.05, 4.69) is 50.5 Å². The van der Waals surface area contributed by atoms with Crippen LogP contribution in [0.2, 0.25) is 0 Å². The van der Waals surface area contributed by atoms with Crippen LogP contribution in [0.3, 0.4) is 0 Å². The van der Waals surface area contributed by atoms with Gasteiger partial charge < -0.3 is 10.2 Å². The zero-order chi connectivity index (χ0) is 17.7. The van der Waals surface area contributed by atoms with E-state index in [0.29, 0.717) is 19.4 Å². The highest BCUT2D eigenvalue weighted by Gasteiger charge is 2.36. The Morgan fingerprint density at radius 1 is 1.33 bits per heavy atom. The minimum absolute atomic E-state index is 0.194. The molecule has 1 aliphatic rings. The van der Waals surface area contributed by atoms with Gasteiger partial charge in [0, 0.05) is 19.6 Å². The number of rotatable bonds is 6. The van der Waals surface area contributed by atoms with Gasteiger partial charge in [-0.15, -0.1) is 13.2 Å². The second kappa shape index (κ2) is 7.80. The average molecular weight is 326 g/mol. The second-order valence-electron chi connectivity index (χ2n) is 7.16. The summed E-state index contributed by atoms with van der Waals surface area (Å²) in [4.78, 5) is 15.1. The largest absolute Gasteiger partial charge is 0.339 e. The number of nitrogens with zero attached hydrogens (tertiary/aromatic N) is 1. The minimum Gasteiger partial charge on any atom is -0.339 e. The topological polar surface area (TPSA) is 32.3 Å². The van der Waals surface area contributed by atoms with Crippen molar-refractivity contribution in [2.75, 3.05) is 19.6 Å². The summed E-state index contributed by atoms with van der Waals surface area (Å²) in [5.41, 5.74) is 3.40. The molecule has 1 amide bonds. The van der Waals surface area contributed by atoms with Gasteiger partial charge in [-0.05, 0) is 37.8 Å². The van der Waals surface area contributed by atoms with Crippen LogP contribution in [0.25, 0.3) is 0 Å². The number of carbonyl (C=O) groups excluding carboxylic acids is 1. The standard InChI is InChI=1S/C21H30N2O/c1-6-10-21(5,11-7-2)20(24)23-13-12-22-19(15-23)18-9-8-16(3)14-17(18)4/h6-9,14,19,22H,1-2,10-13,15H2,3-5H3/t19-/m1/s1. The highest BCUT2D eigenvalue weighted by atomic mass is 16.2. The Balaban J connectivity index is 2.18. The smallest absolute Gasteiger partial charge is 0.229 e. The van der Waals surface area contributed by atoms with E-state index in [9.17, 15) is 4.79 Å². The van der Waals surface area contributed by atoms with E-state index >= 15 is 0 Å². The quantitative estimate of drug-likeness (QED) is 0.803. The normalized spacial score (nSPS) is 18.3. The number of aryl methyl sites for hydroxylation is 2. The lowest BCUT2D eigenvalue weighted by Crippen LogP contribution is -2.52. The van der Waals surface area contributed by atoms with Crippen molar-refractivity contribution in [2.45, 2.75) is 39.7 Å². The van der Waals surface area contributed by atoms with Gasteiger partial charge in [-0.1, -0.05) is 42.8 Å². The van der Waals surface area contributed by atoms with Gasteiger partial charge in [0.05, 0.1) is 11.5 Å². The molecule has 0 bridgehead atoms. The first-order valence-electron chi connectivity index (χ1n) is 8.73. The summed E-state index contributed by atoms with van der Waals surface area (Å²) in [6, 6.07) is 6.73. The second-order valence-corrected chi connectivity index (χ2v) is 7.16. The molecular weight excluding hydrogens is 296 g/mol. The van der Waals surface area contributed by atoms with E-state index in [1.807, 2.05) is 24.0 Å². The van der Waals surface area contributed by atoms with E-state index in [4.69, 9.17) is 0 Å². The summed E-state index contributed by atoms with van der Waals surface area (Å²) < 4.78 is 0. The molecule has 24 heavy (non-hydrogen) atoms. The molecule has 3 heteroatoms. The maximum absolute atomic E-state index is 13.1. The number of carbonyl (C=O) groups is 1. The molecule has 0 unspecified atom stereocenters. The third-order valence-electron chi connectivity index (χ3n) is 4.97. The number of benzene rings is 1. The highest BCUT2D eigenvalue weighted by molar-refractivity contribution is 5.83. The lowest BCUT2D eigenvalue weighted by molar-refractivity contribution is -0.142. The molecule has 3 nitrogen and oxygen atoms in total. The molecule has 1 aromatic carbocycles. The summed E-state index contributed by atoms with van der Waals surface area (Å²) in [6.45, 7) is 16.2. The fourth-order valence-corrected chi connectivity index (χ4v) is 3.64. The maximum atomic E-state index is 13.1. The predicted molar refractivity (Wildman–Crippen MR) is 101 cm³/mol. The molecule has 1 aromatic rings. The number of piperazine rings is 1. The van der Waals surface area contributed by atoms with Gasteiger partial charge in [0.2, 0.25) is 5.91 Å². The van der Waals surface area contributed by atoms with Gasteiger partial charge in [-0.25, -0.2) is 0 Å². The van der Waals surface area contributed by atoms with Crippen LogP contribution >= 0.6 is 0 Å². The van der Waals surface area contributed by atoms with Crippen LogP contribution in [0.4, 0.5) is 0 Å². The van der Waals surface area contributed by atoms with E-state index in [1.54, 1.807) is 0 Å². The van der Waals surface area contributed by atoms with Crippen LogP contribution in [0.1, 0.15) is 42.5 Å². The SMILES string of the molecule is C=CCC(C)(CC=C)C(=O)N1CCN[C@@H](c2ccc(C)cc2C)C1. The van der Waals surface area contributed by atoms with Crippen molar-refractivity contribution < 1.29 is 4.79 Å². The monoisotopic (exact) mass is 326 g/mol. The molecule has 130 valence electrons. The van der Waals surface area contributed by atoms with Gasteiger partial charge in [0.25, 0.3) is 0 Å². The zero-order valence-corrected chi connectivity index (χ0v) is 15.3. The number of nitrogens with one attached hydrogen (secondary N) is 1. The molecule has 2 rings (SSSR count). The lowest BCUT2D eigenvalue weighted by Gasteiger charge is -2.39. The van der Waals surface area contributed by atoms with Crippen molar-refractivity contribution in [1.82, 2.24) is 10.2 Å². The third-order valence-corrected chi connectivity index (χ3v) is 4.97. The van der Waals surface area contributed by atoms with Gasteiger partial charge >= 0.3 is 0 Å². The number of hydrogen-bond donors (Lipinski definition) is 1. The third kappa shape index (κ3) is 3.96. The Bertz CT molecular complexity index is 610. The van der Waals surface area contributed by atoms with Crippen molar-refractivity contribution >= 4 is 5.91 Å². The van der Waals surface area contributed by atoms with Crippen molar-refractivity contribution in [3.05, 3.63) is 60.2 Å². The van der Waals surface area contributed by atoms with Crippen LogP contribution in [0, 0.1) is 19.3 Å². The molecule has 1 heterocycles. The van der Waals surface area contributed by atoms with Crippen molar-refractivity contribution in [1.29, 1.82) is 0 Å². The van der Waals surface area contributed by atoms with Crippen LogP contribution in [0.15, 0.2) is 43.5 Å². The van der Waals surface area contributed by atoms with Crippen molar-refractivity contribution in [3.8, 4) is 0 Å². The van der Waals surface area contributed by atoms with Crippen LogP contribution in [0.5, 0.6) is 0 Å². The molecule has 1 N–H and O–H groups in total. The fraction of sp³-hybridized carbons (Fsp3) is 0.476. The molecule has 1 aliphatic heterocycles. The van der Waals surface area contributed by atoms with Gasteiger partial charge in [0.15, 0.2) is 0 Å². The van der Waals surface area contributed by atoms with E-state index in [0.717, 1.165) is 13.1 Å². The molecule has 1 atom stereocenters. The summed E-state index contributed by atoms with van der Waals surface area (Å²) in [5.74, 6) is 0.207. The number of allylic oxidation sites excluding steroid dienone is 2. The first-order chi connectivity index (χ1) is 11.4. The molecular formula is C21H30N2O. The highest BCUT2D eigenvalue weighted by Crippen LogP contribution is 2.31. The summed E-state index contributed by atoms with van der Waals surface area (Å²) in [7, 11) is 0. The van der Waals surface area contributed by atoms with Gasteiger partial charge in [0.1, 0.15) is 0 Å². The van der Waals surface area contributed by atoms with E-state index in [-0.39, 0.29) is 11.9 Å². The predicted octanol–water partition coefficient (Wildman–Crippen LogP) is 3.93. The van der Waals surface area contributed by atoms with Gasteiger partial charge in [-0.3, -0.25) is 4.79 Å². The Labute approximate surface area is 146 Å². The molecule has 0 spiro atoms. The van der Waals surface area contributed by atoms with Crippen LogP contribution in [-0.4, -0.2) is 30.4 Å². The number of amides is 1. The van der Waals surface area contributed by atoms with E-state index < -0.39 is 5.41 Å². The Morgan fingerprint density at radius 2 is 2.00 bits per heavy atom. The lowest BCUT2D eigenvalue weighted by atomic mass is 9.81. The molecule has 1 fully saturated rings. The minimum atomic E-state index is -0.437. The first kappa shape index (κ1) is 18.5.